The number of nitrogens with zero attached hydrogens (tertiary/aromatic N) is 1. The highest BCUT2D eigenvalue weighted by Gasteiger charge is 2.03. The third kappa shape index (κ3) is 5.20. The third-order valence-corrected chi connectivity index (χ3v) is 2.12. The highest BCUT2D eigenvalue weighted by atomic mass is 16.5. The summed E-state index contributed by atoms with van der Waals surface area (Å²) in [5.41, 5.74) is 6.29. The van der Waals surface area contributed by atoms with Crippen LogP contribution in [0.3, 0.4) is 0 Å². The lowest BCUT2D eigenvalue weighted by Crippen LogP contribution is -2.12. The van der Waals surface area contributed by atoms with Gasteiger partial charge in [-0.15, -0.1) is 0 Å². The molecular formula is C12H21N3O3. The van der Waals surface area contributed by atoms with Crippen molar-refractivity contribution in [2.75, 3.05) is 44.0 Å². The highest BCUT2D eigenvalue weighted by molar-refractivity contribution is 5.53. The van der Waals surface area contributed by atoms with Crippen LogP contribution in [-0.2, 0) is 4.74 Å². The molecule has 0 spiro atoms. The van der Waals surface area contributed by atoms with Gasteiger partial charge in [0.2, 0.25) is 5.88 Å². The Morgan fingerprint density at radius 2 is 2.17 bits per heavy atom. The molecule has 4 N–H and O–H groups in total. The normalized spacial score (nSPS) is 10.3. The molecule has 0 unspecified atom stereocenters. The second-order valence-electron chi connectivity index (χ2n) is 3.70. The Morgan fingerprint density at radius 3 is 2.89 bits per heavy atom. The van der Waals surface area contributed by atoms with E-state index in [4.69, 9.17) is 20.3 Å². The van der Waals surface area contributed by atoms with Crippen LogP contribution in [0.15, 0.2) is 12.1 Å². The predicted molar refractivity (Wildman–Crippen MR) is 70.8 cm³/mol. The molecule has 0 aromatic carbocycles. The van der Waals surface area contributed by atoms with Gasteiger partial charge in [-0.25, -0.2) is 0 Å². The predicted octanol–water partition coefficient (Wildman–Crippen LogP) is 0.873. The number of hydrogen-bond acceptors (Lipinski definition) is 6. The molecule has 1 rings (SSSR count). The van der Waals surface area contributed by atoms with Crippen molar-refractivity contribution in [2.45, 2.75) is 13.3 Å². The number of anilines is 2. The minimum absolute atomic E-state index is 0.0368. The average Bonchev–Trinajstić information content (AvgIpc) is 2.39. The van der Waals surface area contributed by atoms with Gasteiger partial charge >= 0.3 is 0 Å². The van der Waals surface area contributed by atoms with E-state index in [1.54, 1.807) is 12.1 Å². The second-order valence-corrected chi connectivity index (χ2v) is 3.70. The number of nitrogen functional groups attached to an aromatic ring is 1. The van der Waals surface area contributed by atoms with E-state index in [2.05, 4.69) is 10.3 Å². The van der Waals surface area contributed by atoms with E-state index in [9.17, 15) is 0 Å². The first kappa shape index (κ1) is 14.5. The number of nitrogens with one attached hydrogen (secondary N) is 1. The van der Waals surface area contributed by atoms with Gasteiger partial charge in [0.25, 0.3) is 0 Å². The molecule has 0 aliphatic carbocycles. The fourth-order valence-corrected chi connectivity index (χ4v) is 1.28. The average molecular weight is 255 g/mol. The van der Waals surface area contributed by atoms with Crippen molar-refractivity contribution >= 4 is 11.5 Å². The van der Waals surface area contributed by atoms with Crippen molar-refractivity contribution in [3.8, 4) is 5.88 Å². The van der Waals surface area contributed by atoms with Crippen molar-refractivity contribution in [3.63, 3.8) is 0 Å². The van der Waals surface area contributed by atoms with E-state index >= 15 is 0 Å². The molecule has 1 aromatic rings. The molecule has 0 fully saturated rings. The Balaban J connectivity index is 2.40. The number of aliphatic hydroxyl groups excluding tert-OH is 1. The molecule has 6 heteroatoms. The maximum atomic E-state index is 8.54. The number of aromatic nitrogens is 1. The van der Waals surface area contributed by atoms with Gasteiger partial charge in [0, 0.05) is 6.54 Å². The van der Waals surface area contributed by atoms with Crippen LogP contribution in [-0.4, -0.2) is 43.1 Å². The summed E-state index contributed by atoms with van der Waals surface area (Å²) in [5.74, 6) is 1.15. The maximum Gasteiger partial charge on any atom is 0.239 e. The number of nitrogens with two attached hydrogens (primary N) is 1. The molecule has 0 amide bonds. The van der Waals surface area contributed by atoms with Gasteiger partial charge in [-0.1, -0.05) is 6.92 Å². The molecule has 1 heterocycles. The van der Waals surface area contributed by atoms with Gasteiger partial charge in [-0.2, -0.15) is 4.98 Å². The number of rotatable bonds is 9. The van der Waals surface area contributed by atoms with Crippen molar-refractivity contribution in [2.24, 2.45) is 0 Å². The van der Waals surface area contributed by atoms with E-state index in [0.29, 0.717) is 43.8 Å². The van der Waals surface area contributed by atoms with Crippen molar-refractivity contribution < 1.29 is 14.6 Å². The SMILES string of the molecule is CCCOc1nc(NCCOCCO)ccc1N. The van der Waals surface area contributed by atoms with Crippen molar-refractivity contribution in [1.82, 2.24) is 4.98 Å². The Labute approximate surface area is 107 Å². The minimum Gasteiger partial charge on any atom is -0.476 e. The largest absolute Gasteiger partial charge is 0.476 e. The van der Waals surface area contributed by atoms with Crippen LogP contribution >= 0.6 is 0 Å². The molecule has 0 aliphatic heterocycles. The third-order valence-electron chi connectivity index (χ3n) is 2.12. The van der Waals surface area contributed by atoms with Crippen LogP contribution in [0.25, 0.3) is 0 Å². The Kier molecular flexibility index (Phi) is 6.90. The number of hydrogen-bond donors (Lipinski definition) is 3. The molecule has 18 heavy (non-hydrogen) atoms. The first-order valence-electron chi connectivity index (χ1n) is 6.09. The van der Waals surface area contributed by atoms with Gasteiger partial charge < -0.3 is 25.6 Å². The fraction of sp³-hybridized carbons (Fsp3) is 0.583. The first-order chi connectivity index (χ1) is 8.77. The van der Waals surface area contributed by atoms with Crippen LogP contribution in [0.5, 0.6) is 5.88 Å². The molecule has 0 radical (unpaired) electrons. The van der Waals surface area contributed by atoms with Crippen LogP contribution in [0.1, 0.15) is 13.3 Å². The fourth-order valence-electron chi connectivity index (χ4n) is 1.28. The molecular weight excluding hydrogens is 234 g/mol. The zero-order valence-electron chi connectivity index (χ0n) is 10.7. The first-order valence-corrected chi connectivity index (χ1v) is 6.09. The van der Waals surface area contributed by atoms with Crippen molar-refractivity contribution in [1.29, 1.82) is 0 Å². The van der Waals surface area contributed by atoms with E-state index in [0.717, 1.165) is 6.42 Å². The standard InChI is InChI=1S/C12H21N3O3/c1-2-7-18-12-10(13)3-4-11(15-12)14-5-8-17-9-6-16/h3-4,16H,2,5-9,13H2,1H3,(H,14,15). The topological polar surface area (TPSA) is 89.6 Å². The Morgan fingerprint density at radius 1 is 1.33 bits per heavy atom. The summed E-state index contributed by atoms with van der Waals surface area (Å²) in [6.45, 7) is 4.13. The van der Waals surface area contributed by atoms with Gasteiger partial charge in [-0.05, 0) is 18.6 Å². The quantitative estimate of drug-likeness (QED) is 0.567. The van der Waals surface area contributed by atoms with Gasteiger partial charge in [0.1, 0.15) is 5.82 Å². The Bertz CT molecular complexity index is 347. The summed E-state index contributed by atoms with van der Waals surface area (Å²) in [6, 6.07) is 3.55. The van der Waals surface area contributed by atoms with Crippen LogP contribution in [0.4, 0.5) is 11.5 Å². The lowest BCUT2D eigenvalue weighted by atomic mass is 10.4. The summed E-state index contributed by atoms with van der Waals surface area (Å²) < 4.78 is 10.6. The lowest BCUT2D eigenvalue weighted by Gasteiger charge is -2.10. The van der Waals surface area contributed by atoms with E-state index in [-0.39, 0.29) is 6.61 Å². The van der Waals surface area contributed by atoms with E-state index in [1.807, 2.05) is 6.92 Å². The number of ether oxygens (including phenoxy) is 2. The summed E-state index contributed by atoms with van der Waals surface area (Å²) in [6.07, 6.45) is 0.910. The monoisotopic (exact) mass is 255 g/mol. The molecule has 6 nitrogen and oxygen atoms in total. The van der Waals surface area contributed by atoms with Gasteiger partial charge in [0.15, 0.2) is 0 Å². The smallest absolute Gasteiger partial charge is 0.239 e. The number of pyridine rings is 1. The molecule has 1 aromatic heterocycles. The maximum absolute atomic E-state index is 8.54. The van der Waals surface area contributed by atoms with Crippen molar-refractivity contribution in [3.05, 3.63) is 12.1 Å². The molecule has 102 valence electrons. The summed E-state index contributed by atoms with van der Waals surface area (Å²) in [4.78, 5) is 4.26. The van der Waals surface area contributed by atoms with E-state index < -0.39 is 0 Å². The second kappa shape index (κ2) is 8.54. The molecule has 0 aliphatic rings. The summed E-state index contributed by atoms with van der Waals surface area (Å²) in [7, 11) is 0. The zero-order chi connectivity index (χ0) is 13.2. The van der Waals surface area contributed by atoms with Crippen LogP contribution < -0.4 is 15.8 Å². The van der Waals surface area contributed by atoms with Gasteiger partial charge in [0.05, 0.1) is 32.1 Å². The highest BCUT2D eigenvalue weighted by Crippen LogP contribution is 2.20. The minimum atomic E-state index is 0.0368. The molecule has 0 atom stereocenters. The molecule has 0 bridgehead atoms. The Hall–Kier alpha value is -1.53. The van der Waals surface area contributed by atoms with Crippen LogP contribution in [0.2, 0.25) is 0 Å². The summed E-state index contributed by atoms with van der Waals surface area (Å²) >= 11 is 0. The summed E-state index contributed by atoms with van der Waals surface area (Å²) in [5, 5.41) is 11.6. The van der Waals surface area contributed by atoms with E-state index in [1.165, 1.54) is 0 Å². The zero-order valence-corrected chi connectivity index (χ0v) is 10.7. The molecule has 0 saturated heterocycles. The van der Waals surface area contributed by atoms with Gasteiger partial charge in [-0.3, -0.25) is 0 Å². The lowest BCUT2D eigenvalue weighted by molar-refractivity contribution is 0.0992. The van der Waals surface area contributed by atoms with Crippen LogP contribution in [0, 0.1) is 0 Å². The molecule has 0 saturated carbocycles. The number of aliphatic hydroxyl groups is 1.